The number of unbranched alkanes of at least 4 members (excludes halogenated alkanes) is 2. The quantitative estimate of drug-likeness (QED) is 0.458. The highest BCUT2D eigenvalue weighted by Crippen LogP contribution is 2.22. The van der Waals surface area contributed by atoms with Crippen LogP contribution in [0.15, 0.2) is 0 Å². The molecule has 0 saturated heterocycles. The molecule has 0 bridgehead atoms. The van der Waals surface area contributed by atoms with Gasteiger partial charge in [0.15, 0.2) is 0 Å². The fraction of sp³-hybridized carbons (Fsp3) is 1.00. The van der Waals surface area contributed by atoms with E-state index in [0.717, 1.165) is 24.9 Å². The van der Waals surface area contributed by atoms with Gasteiger partial charge in [-0.1, -0.05) is 58.8 Å². The van der Waals surface area contributed by atoms with Crippen molar-refractivity contribution in [3.8, 4) is 0 Å². The zero-order valence-electron chi connectivity index (χ0n) is 13.5. The SMILES string of the molecule is CCC(CCCN)CCCCCC(CC)CCCN. The molecule has 116 valence electrons. The maximum Gasteiger partial charge on any atom is -0.00772 e. The standard InChI is InChI=1S/C17H38N2/c1-3-16(12-8-14-18)10-6-5-7-11-17(4-2)13-9-15-19/h16-17H,3-15,18-19H2,1-2H3. The molecule has 0 heterocycles. The van der Waals surface area contributed by atoms with Crippen molar-refractivity contribution in [3.63, 3.8) is 0 Å². The van der Waals surface area contributed by atoms with E-state index >= 15 is 0 Å². The van der Waals surface area contributed by atoms with Gasteiger partial charge in [0.1, 0.15) is 0 Å². The van der Waals surface area contributed by atoms with Gasteiger partial charge in [0.2, 0.25) is 0 Å². The van der Waals surface area contributed by atoms with Crippen molar-refractivity contribution in [1.82, 2.24) is 0 Å². The Kier molecular flexibility index (Phi) is 14.3. The molecule has 0 aromatic rings. The van der Waals surface area contributed by atoms with Gasteiger partial charge in [0, 0.05) is 0 Å². The third-order valence-corrected chi connectivity index (χ3v) is 4.51. The largest absolute Gasteiger partial charge is 0.330 e. The van der Waals surface area contributed by atoms with Crippen molar-refractivity contribution in [2.24, 2.45) is 23.3 Å². The lowest BCUT2D eigenvalue weighted by molar-refractivity contribution is 0.379. The first-order valence-electron chi connectivity index (χ1n) is 8.68. The van der Waals surface area contributed by atoms with E-state index in [-0.39, 0.29) is 0 Å². The Hall–Kier alpha value is -0.0800. The molecule has 0 aliphatic heterocycles. The lowest BCUT2D eigenvalue weighted by Crippen LogP contribution is -2.06. The minimum Gasteiger partial charge on any atom is -0.330 e. The molecule has 0 saturated carbocycles. The van der Waals surface area contributed by atoms with Gasteiger partial charge in [0.05, 0.1) is 0 Å². The first kappa shape index (κ1) is 18.9. The van der Waals surface area contributed by atoms with Crippen LogP contribution in [0.5, 0.6) is 0 Å². The summed E-state index contributed by atoms with van der Waals surface area (Å²) in [6.45, 7) is 6.36. The van der Waals surface area contributed by atoms with Crippen LogP contribution in [-0.2, 0) is 0 Å². The van der Waals surface area contributed by atoms with Gasteiger partial charge in [-0.2, -0.15) is 0 Å². The van der Waals surface area contributed by atoms with E-state index in [4.69, 9.17) is 11.5 Å². The molecule has 2 heteroatoms. The van der Waals surface area contributed by atoms with E-state index in [9.17, 15) is 0 Å². The molecule has 0 aliphatic carbocycles. The van der Waals surface area contributed by atoms with Crippen molar-refractivity contribution in [2.75, 3.05) is 13.1 Å². The topological polar surface area (TPSA) is 52.0 Å². The molecule has 0 spiro atoms. The van der Waals surface area contributed by atoms with E-state index in [2.05, 4.69) is 13.8 Å². The number of rotatable bonds is 14. The summed E-state index contributed by atoms with van der Waals surface area (Å²) in [5.41, 5.74) is 11.2. The van der Waals surface area contributed by atoms with Crippen LogP contribution in [-0.4, -0.2) is 13.1 Å². The van der Waals surface area contributed by atoms with E-state index in [0.29, 0.717) is 0 Å². The summed E-state index contributed by atoms with van der Waals surface area (Å²) in [5, 5.41) is 0. The molecular weight excluding hydrogens is 232 g/mol. The van der Waals surface area contributed by atoms with Crippen molar-refractivity contribution in [3.05, 3.63) is 0 Å². The summed E-state index contributed by atoms with van der Waals surface area (Å²) >= 11 is 0. The molecule has 4 N–H and O–H groups in total. The second kappa shape index (κ2) is 14.3. The van der Waals surface area contributed by atoms with Gasteiger partial charge in [-0.3, -0.25) is 0 Å². The number of hydrogen-bond acceptors (Lipinski definition) is 2. The van der Waals surface area contributed by atoms with Gasteiger partial charge >= 0.3 is 0 Å². The van der Waals surface area contributed by atoms with Crippen LogP contribution in [0.4, 0.5) is 0 Å². The second-order valence-electron chi connectivity index (χ2n) is 6.05. The molecule has 0 amide bonds. The van der Waals surface area contributed by atoms with Crippen LogP contribution in [0, 0.1) is 11.8 Å². The van der Waals surface area contributed by atoms with Gasteiger partial charge in [-0.05, 0) is 50.6 Å². The van der Waals surface area contributed by atoms with Crippen LogP contribution >= 0.6 is 0 Å². The zero-order valence-corrected chi connectivity index (χ0v) is 13.5. The average molecular weight is 271 g/mol. The molecular formula is C17H38N2. The lowest BCUT2D eigenvalue weighted by atomic mass is 9.91. The molecule has 2 atom stereocenters. The first-order valence-corrected chi connectivity index (χ1v) is 8.68. The Balaban J connectivity index is 3.50. The van der Waals surface area contributed by atoms with Crippen LogP contribution in [0.1, 0.15) is 84.5 Å². The predicted octanol–water partition coefficient (Wildman–Crippen LogP) is 4.47. The molecule has 2 unspecified atom stereocenters. The first-order chi connectivity index (χ1) is 9.28. The molecule has 0 radical (unpaired) electrons. The highest BCUT2D eigenvalue weighted by molar-refractivity contribution is 4.61. The molecule has 0 aromatic carbocycles. The fourth-order valence-electron chi connectivity index (χ4n) is 2.96. The Morgan fingerprint density at radius 3 is 1.26 bits per heavy atom. The Morgan fingerprint density at radius 1 is 0.579 bits per heavy atom. The van der Waals surface area contributed by atoms with Gasteiger partial charge in [-0.15, -0.1) is 0 Å². The van der Waals surface area contributed by atoms with E-state index in [1.54, 1.807) is 0 Å². The number of hydrogen-bond donors (Lipinski definition) is 2. The Morgan fingerprint density at radius 2 is 0.947 bits per heavy atom. The molecule has 19 heavy (non-hydrogen) atoms. The van der Waals surface area contributed by atoms with E-state index < -0.39 is 0 Å². The predicted molar refractivity (Wildman–Crippen MR) is 87.2 cm³/mol. The summed E-state index contributed by atoms with van der Waals surface area (Å²) in [7, 11) is 0. The van der Waals surface area contributed by atoms with Crippen molar-refractivity contribution in [1.29, 1.82) is 0 Å². The summed E-state index contributed by atoms with van der Waals surface area (Å²) in [6.07, 6.45) is 14.8. The molecule has 2 nitrogen and oxygen atoms in total. The molecule has 0 rings (SSSR count). The summed E-state index contributed by atoms with van der Waals surface area (Å²) in [5.74, 6) is 1.84. The zero-order chi connectivity index (χ0) is 14.3. The summed E-state index contributed by atoms with van der Waals surface area (Å²) in [6, 6.07) is 0. The van der Waals surface area contributed by atoms with Crippen LogP contribution in [0.2, 0.25) is 0 Å². The van der Waals surface area contributed by atoms with Crippen LogP contribution in [0.3, 0.4) is 0 Å². The van der Waals surface area contributed by atoms with Gasteiger partial charge < -0.3 is 11.5 Å². The van der Waals surface area contributed by atoms with E-state index in [1.165, 1.54) is 70.6 Å². The smallest absolute Gasteiger partial charge is 0.00772 e. The number of nitrogens with two attached hydrogens (primary N) is 2. The van der Waals surface area contributed by atoms with E-state index in [1.807, 2.05) is 0 Å². The van der Waals surface area contributed by atoms with Crippen molar-refractivity contribution < 1.29 is 0 Å². The maximum absolute atomic E-state index is 5.59. The average Bonchev–Trinajstić information content (AvgIpc) is 2.45. The third kappa shape index (κ3) is 11.4. The lowest BCUT2D eigenvalue weighted by Gasteiger charge is -2.16. The molecule has 0 aliphatic rings. The minimum atomic E-state index is 0.857. The molecule has 0 fully saturated rings. The second-order valence-corrected chi connectivity index (χ2v) is 6.05. The van der Waals surface area contributed by atoms with Crippen molar-refractivity contribution >= 4 is 0 Å². The Labute approximate surface area is 121 Å². The molecule has 0 aromatic heterocycles. The monoisotopic (exact) mass is 270 g/mol. The highest BCUT2D eigenvalue weighted by atomic mass is 14.5. The highest BCUT2D eigenvalue weighted by Gasteiger charge is 2.07. The van der Waals surface area contributed by atoms with Crippen LogP contribution in [0.25, 0.3) is 0 Å². The van der Waals surface area contributed by atoms with Crippen molar-refractivity contribution in [2.45, 2.75) is 84.5 Å². The summed E-state index contributed by atoms with van der Waals surface area (Å²) < 4.78 is 0. The maximum atomic E-state index is 5.59. The van der Waals surface area contributed by atoms with Gasteiger partial charge in [-0.25, -0.2) is 0 Å². The van der Waals surface area contributed by atoms with Gasteiger partial charge in [0.25, 0.3) is 0 Å². The normalized spacial score (nSPS) is 14.5. The Bertz CT molecular complexity index is 153. The van der Waals surface area contributed by atoms with Crippen LogP contribution < -0.4 is 11.5 Å². The third-order valence-electron chi connectivity index (χ3n) is 4.51. The minimum absolute atomic E-state index is 0.857. The summed E-state index contributed by atoms with van der Waals surface area (Å²) in [4.78, 5) is 0. The fourth-order valence-corrected chi connectivity index (χ4v) is 2.96.